The lowest BCUT2D eigenvalue weighted by Gasteiger charge is -2.38. The van der Waals surface area contributed by atoms with Crippen LogP contribution >= 0.6 is 15.9 Å². The number of amides is 1. The molecular weight excluding hydrogens is 306 g/mol. The molecule has 1 aliphatic rings. The zero-order valence-electron chi connectivity index (χ0n) is 11.1. The molecule has 5 heteroatoms. The molecule has 104 valence electrons. The lowest BCUT2D eigenvalue weighted by Crippen LogP contribution is -2.42. The third kappa shape index (κ3) is 3.09. The molecule has 4 nitrogen and oxygen atoms in total. The number of halogens is 1. The van der Waals surface area contributed by atoms with Crippen LogP contribution in [0.15, 0.2) is 22.7 Å². The Morgan fingerprint density at radius 3 is 2.84 bits per heavy atom. The largest absolute Gasteiger partial charge is 0.371 e. The average Bonchev–Trinajstić information content (AvgIpc) is 2.38. The third-order valence-electron chi connectivity index (χ3n) is 4.00. The van der Waals surface area contributed by atoms with Gasteiger partial charge in [-0.05, 0) is 58.9 Å². The van der Waals surface area contributed by atoms with Crippen molar-refractivity contribution in [3.05, 3.63) is 28.2 Å². The van der Waals surface area contributed by atoms with Gasteiger partial charge in [0.25, 0.3) is 0 Å². The number of benzene rings is 1. The van der Waals surface area contributed by atoms with Crippen molar-refractivity contribution in [3.8, 4) is 0 Å². The standard InChI is InChI=1S/C14H20BrN3O/c1-9-4-5-18(8-10(9)7-16)11-2-3-12(14(17)19)13(15)6-11/h2-3,6,9-10H,4-5,7-8,16H2,1H3,(H2,17,19). The molecule has 1 aromatic carbocycles. The van der Waals surface area contributed by atoms with Crippen molar-refractivity contribution in [2.75, 3.05) is 24.5 Å². The van der Waals surface area contributed by atoms with E-state index in [1.54, 1.807) is 6.07 Å². The van der Waals surface area contributed by atoms with Gasteiger partial charge in [-0.2, -0.15) is 0 Å². The Bertz CT molecular complexity index is 478. The highest BCUT2D eigenvalue weighted by atomic mass is 79.9. The van der Waals surface area contributed by atoms with Gasteiger partial charge in [-0.15, -0.1) is 0 Å². The second-order valence-corrected chi connectivity index (χ2v) is 6.09. The molecule has 0 spiro atoms. The highest BCUT2D eigenvalue weighted by Gasteiger charge is 2.25. The van der Waals surface area contributed by atoms with Crippen LogP contribution in [0, 0.1) is 11.8 Å². The molecule has 1 amide bonds. The van der Waals surface area contributed by atoms with Crippen LogP contribution in [0.2, 0.25) is 0 Å². The number of hydrogen-bond donors (Lipinski definition) is 2. The van der Waals surface area contributed by atoms with E-state index in [1.807, 2.05) is 12.1 Å². The van der Waals surface area contributed by atoms with Gasteiger partial charge in [-0.3, -0.25) is 4.79 Å². The summed E-state index contributed by atoms with van der Waals surface area (Å²) < 4.78 is 0.750. The molecule has 1 heterocycles. The SMILES string of the molecule is CC1CCN(c2ccc(C(N)=O)c(Br)c2)CC1CN. The Balaban J connectivity index is 2.18. The first-order valence-electron chi connectivity index (χ1n) is 6.57. The summed E-state index contributed by atoms with van der Waals surface area (Å²) in [6.07, 6.45) is 1.15. The molecule has 19 heavy (non-hydrogen) atoms. The molecule has 4 N–H and O–H groups in total. The first kappa shape index (κ1) is 14.3. The van der Waals surface area contributed by atoms with Gasteiger partial charge in [0.1, 0.15) is 0 Å². The maximum absolute atomic E-state index is 11.2. The predicted molar refractivity (Wildman–Crippen MR) is 81.2 cm³/mol. The molecule has 0 bridgehead atoms. The van der Waals surface area contributed by atoms with Crippen LogP contribution in [0.5, 0.6) is 0 Å². The Morgan fingerprint density at radius 2 is 2.26 bits per heavy atom. The highest BCUT2D eigenvalue weighted by Crippen LogP contribution is 2.29. The minimum atomic E-state index is -0.412. The van der Waals surface area contributed by atoms with E-state index in [9.17, 15) is 4.79 Å². The number of nitrogens with zero attached hydrogens (tertiary/aromatic N) is 1. The Labute approximate surface area is 122 Å². The fourth-order valence-electron chi connectivity index (χ4n) is 2.59. The first-order chi connectivity index (χ1) is 9.02. The zero-order chi connectivity index (χ0) is 14.0. The number of rotatable bonds is 3. The summed E-state index contributed by atoms with van der Waals surface area (Å²) in [4.78, 5) is 13.5. The number of piperidine rings is 1. The number of carbonyl (C=O) groups excluding carboxylic acids is 1. The highest BCUT2D eigenvalue weighted by molar-refractivity contribution is 9.10. The van der Waals surface area contributed by atoms with Crippen LogP contribution in [0.25, 0.3) is 0 Å². The second-order valence-electron chi connectivity index (χ2n) is 5.24. The van der Waals surface area contributed by atoms with Crippen molar-refractivity contribution in [3.63, 3.8) is 0 Å². The zero-order valence-corrected chi connectivity index (χ0v) is 12.7. The molecule has 1 aromatic rings. The summed E-state index contributed by atoms with van der Waals surface area (Å²) in [5.74, 6) is 0.795. The van der Waals surface area contributed by atoms with Crippen LogP contribution in [0.3, 0.4) is 0 Å². The van der Waals surface area contributed by atoms with E-state index in [-0.39, 0.29) is 0 Å². The molecule has 0 saturated carbocycles. The molecular formula is C14H20BrN3O. The molecule has 1 fully saturated rings. The van der Waals surface area contributed by atoms with E-state index in [4.69, 9.17) is 11.5 Å². The summed E-state index contributed by atoms with van der Waals surface area (Å²) in [7, 11) is 0. The Kier molecular flexibility index (Phi) is 4.47. The van der Waals surface area contributed by atoms with Crippen molar-refractivity contribution in [2.45, 2.75) is 13.3 Å². The van der Waals surface area contributed by atoms with E-state index < -0.39 is 5.91 Å². The van der Waals surface area contributed by atoms with E-state index in [2.05, 4.69) is 27.8 Å². The lowest BCUT2D eigenvalue weighted by atomic mass is 9.87. The minimum Gasteiger partial charge on any atom is -0.371 e. The predicted octanol–water partition coefficient (Wildman–Crippen LogP) is 1.97. The van der Waals surface area contributed by atoms with Crippen molar-refractivity contribution in [1.29, 1.82) is 0 Å². The maximum Gasteiger partial charge on any atom is 0.249 e. The molecule has 1 aliphatic heterocycles. The van der Waals surface area contributed by atoms with Gasteiger partial charge < -0.3 is 16.4 Å². The minimum absolute atomic E-state index is 0.412. The van der Waals surface area contributed by atoms with E-state index in [1.165, 1.54) is 0 Å². The van der Waals surface area contributed by atoms with Crippen molar-refractivity contribution < 1.29 is 4.79 Å². The number of primary amides is 1. The van der Waals surface area contributed by atoms with Gasteiger partial charge in [-0.25, -0.2) is 0 Å². The van der Waals surface area contributed by atoms with Crippen LogP contribution in [-0.2, 0) is 0 Å². The Hall–Kier alpha value is -1.07. The number of nitrogens with two attached hydrogens (primary N) is 2. The van der Waals surface area contributed by atoms with E-state index in [0.717, 1.165) is 36.2 Å². The number of anilines is 1. The van der Waals surface area contributed by atoms with Gasteiger partial charge in [0.15, 0.2) is 0 Å². The molecule has 2 rings (SSSR count). The molecule has 2 atom stereocenters. The van der Waals surface area contributed by atoms with Crippen LogP contribution in [0.1, 0.15) is 23.7 Å². The fraction of sp³-hybridized carbons (Fsp3) is 0.500. The number of carbonyl (C=O) groups is 1. The molecule has 0 radical (unpaired) electrons. The lowest BCUT2D eigenvalue weighted by molar-refractivity contribution is 0.0999. The fourth-order valence-corrected chi connectivity index (χ4v) is 3.15. The maximum atomic E-state index is 11.2. The first-order valence-corrected chi connectivity index (χ1v) is 7.36. The summed E-state index contributed by atoms with van der Waals surface area (Å²) in [5.41, 5.74) is 12.8. The van der Waals surface area contributed by atoms with Gasteiger partial charge in [0, 0.05) is 23.2 Å². The van der Waals surface area contributed by atoms with Crippen LogP contribution in [-0.4, -0.2) is 25.5 Å². The van der Waals surface area contributed by atoms with Gasteiger partial charge in [0.05, 0.1) is 5.56 Å². The second kappa shape index (κ2) is 5.92. The number of hydrogen-bond acceptors (Lipinski definition) is 3. The molecule has 0 aromatic heterocycles. The van der Waals surface area contributed by atoms with Crippen LogP contribution in [0.4, 0.5) is 5.69 Å². The van der Waals surface area contributed by atoms with E-state index in [0.29, 0.717) is 17.4 Å². The smallest absolute Gasteiger partial charge is 0.249 e. The quantitative estimate of drug-likeness (QED) is 0.892. The van der Waals surface area contributed by atoms with Gasteiger partial charge >= 0.3 is 0 Å². The summed E-state index contributed by atoms with van der Waals surface area (Å²) in [5, 5.41) is 0. The third-order valence-corrected chi connectivity index (χ3v) is 4.66. The van der Waals surface area contributed by atoms with Crippen LogP contribution < -0.4 is 16.4 Å². The topological polar surface area (TPSA) is 72.3 Å². The van der Waals surface area contributed by atoms with Gasteiger partial charge in [-0.1, -0.05) is 6.92 Å². The normalized spacial score (nSPS) is 23.4. The molecule has 0 aliphatic carbocycles. The molecule has 2 unspecified atom stereocenters. The Morgan fingerprint density at radius 1 is 1.53 bits per heavy atom. The van der Waals surface area contributed by atoms with Crippen molar-refractivity contribution in [1.82, 2.24) is 0 Å². The summed E-state index contributed by atoms with van der Waals surface area (Å²) >= 11 is 3.41. The van der Waals surface area contributed by atoms with Gasteiger partial charge in [0.2, 0.25) is 5.91 Å². The monoisotopic (exact) mass is 325 g/mol. The van der Waals surface area contributed by atoms with Crippen molar-refractivity contribution >= 4 is 27.5 Å². The summed E-state index contributed by atoms with van der Waals surface area (Å²) in [6, 6.07) is 5.69. The van der Waals surface area contributed by atoms with E-state index >= 15 is 0 Å². The summed E-state index contributed by atoms with van der Waals surface area (Å²) in [6.45, 7) is 4.99. The van der Waals surface area contributed by atoms with Crippen molar-refractivity contribution in [2.24, 2.45) is 23.3 Å². The average molecular weight is 326 g/mol. The molecule has 1 saturated heterocycles.